The molecule has 2 aliphatic rings. The third-order valence-electron chi connectivity index (χ3n) is 4.98. The maximum absolute atomic E-state index is 12.0. The van der Waals surface area contributed by atoms with E-state index in [-0.39, 0.29) is 17.9 Å². The van der Waals surface area contributed by atoms with Crippen LogP contribution in [0.15, 0.2) is 0 Å². The molecule has 2 amide bonds. The quantitative estimate of drug-likeness (QED) is 0.856. The number of ether oxygens (including phenoxy) is 1. The first kappa shape index (κ1) is 16.3. The molecule has 0 radical (unpaired) electrons. The van der Waals surface area contributed by atoms with Gasteiger partial charge >= 0.3 is 0 Å². The lowest BCUT2D eigenvalue weighted by Gasteiger charge is -2.34. The van der Waals surface area contributed by atoms with E-state index in [1.807, 2.05) is 0 Å². The van der Waals surface area contributed by atoms with Crippen molar-refractivity contribution in [3.8, 4) is 0 Å². The lowest BCUT2D eigenvalue weighted by molar-refractivity contribution is -0.137. The molecular formula is C16H28N2O3. The Labute approximate surface area is 127 Å². The Balaban J connectivity index is 1.70. The van der Waals surface area contributed by atoms with E-state index in [1.165, 1.54) is 12.8 Å². The van der Waals surface area contributed by atoms with E-state index in [0.29, 0.717) is 51.0 Å². The van der Waals surface area contributed by atoms with Gasteiger partial charge in [-0.2, -0.15) is 0 Å². The van der Waals surface area contributed by atoms with Crippen LogP contribution in [0, 0.1) is 11.8 Å². The second-order valence-corrected chi connectivity index (χ2v) is 6.43. The standard InChI is InChI=1S/C16H28N2O3/c1-12-4-3-5-14(13(12)2)17-15(19)6-7-16(20)18-8-10-21-11-9-18/h12-14H,3-11H2,1-2H3,(H,17,19). The van der Waals surface area contributed by atoms with Crippen LogP contribution in [0.3, 0.4) is 0 Å². The Hall–Kier alpha value is -1.10. The number of hydrogen-bond donors (Lipinski definition) is 1. The van der Waals surface area contributed by atoms with E-state index in [4.69, 9.17) is 4.74 Å². The molecule has 3 atom stereocenters. The number of nitrogens with zero attached hydrogens (tertiary/aromatic N) is 1. The van der Waals surface area contributed by atoms with Gasteiger partial charge in [0.05, 0.1) is 13.2 Å². The molecule has 21 heavy (non-hydrogen) atoms. The Kier molecular flexibility index (Phi) is 6.03. The highest BCUT2D eigenvalue weighted by atomic mass is 16.5. The van der Waals surface area contributed by atoms with Gasteiger partial charge in [-0.15, -0.1) is 0 Å². The van der Waals surface area contributed by atoms with Gasteiger partial charge in [0.25, 0.3) is 0 Å². The summed E-state index contributed by atoms with van der Waals surface area (Å²) in [5.41, 5.74) is 0. The van der Waals surface area contributed by atoms with Gasteiger partial charge in [0.2, 0.25) is 11.8 Å². The van der Waals surface area contributed by atoms with Crippen molar-refractivity contribution >= 4 is 11.8 Å². The number of amides is 2. The summed E-state index contributed by atoms with van der Waals surface area (Å²) in [6.07, 6.45) is 4.11. The molecule has 1 saturated heterocycles. The summed E-state index contributed by atoms with van der Waals surface area (Å²) in [5, 5.41) is 3.12. The van der Waals surface area contributed by atoms with Crippen LogP contribution in [0.2, 0.25) is 0 Å². The number of morpholine rings is 1. The van der Waals surface area contributed by atoms with E-state index >= 15 is 0 Å². The van der Waals surface area contributed by atoms with Gasteiger partial charge in [-0.1, -0.05) is 26.7 Å². The molecule has 1 saturated carbocycles. The summed E-state index contributed by atoms with van der Waals surface area (Å²) in [5.74, 6) is 1.28. The molecular weight excluding hydrogens is 268 g/mol. The van der Waals surface area contributed by atoms with Crippen molar-refractivity contribution in [2.24, 2.45) is 11.8 Å². The van der Waals surface area contributed by atoms with Crippen LogP contribution in [-0.4, -0.2) is 49.1 Å². The average molecular weight is 296 g/mol. The first-order valence-electron chi connectivity index (χ1n) is 8.23. The lowest BCUT2D eigenvalue weighted by Crippen LogP contribution is -2.44. The monoisotopic (exact) mass is 296 g/mol. The highest BCUT2D eigenvalue weighted by Crippen LogP contribution is 2.29. The smallest absolute Gasteiger partial charge is 0.223 e. The minimum Gasteiger partial charge on any atom is -0.378 e. The Morgan fingerprint density at radius 2 is 1.86 bits per heavy atom. The van der Waals surface area contributed by atoms with Crippen molar-refractivity contribution in [1.29, 1.82) is 0 Å². The molecule has 2 rings (SSSR count). The van der Waals surface area contributed by atoms with Crippen LogP contribution >= 0.6 is 0 Å². The molecule has 1 aliphatic carbocycles. The van der Waals surface area contributed by atoms with Gasteiger partial charge in [-0.05, 0) is 18.3 Å². The predicted molar refractivity (Wildman–Crippen MR) is 80.7 cm³/mol. The number of carbonyl (C=O) groups excluding carboxylic acids is 2. The number of carbonyl (C=O) groups is 2. The Morgan fingerprint density at radius 1 is 1.14 bits per heavy atom. The maximum Gasteiger partial charge on any atom is 0.223 e. The number of hydrogen-bond acceptors (Lipinski definition) is 3. The van der Waals surface area contributed by atoms with Gasteiger partial charge in [-0.3, -0.25) is 9.59 Å². The van der Waals surface area contributed by atoms with Crippen molar-refractivity contribution in [2.75, 3.05) is 26.3 Å². The summed E-state index contributed by atoms with van der Waals surface area (Å²) in [4.78, 5) is 25.8. The molecule has 0 spiro atoms. The summed E-state index contributed by atoms with van der Waals surface area (Å²) >= 11 is 0. The minimum absolute atomic E-state index is 0.0163. The molecule has 3 unspecified atom stereocenters. The van der Waals surface area contributed by atoms with Crippen LogP contribution < -0.4 is 5.32 Å². The second kappa shape index (κ2) is 7.78. The summed E-state index contributed by atoms with van der Waals surface area (Å²) < 4.78 is 5.22. The summed E-state index contributed by atoms with van der Waals surface area (Å²) in [6, 6.07) is 0.278. The third-order valence-corrected chi connectivity index (χ3v) is 4.98. The lowest BCUT2D eigenvalue weighted by atomic mass is 9.78. The van der Waals surface area contributed by atoms with Crippen LogP contribution in [0.1, 0.15) is 46.0 Å². The zero-order valence-electron chi connectivity index (χ0n) is 13.3. The number of rotatable bonds is 4. The molecule has 0 aromatic rings. The van der Waals surface area contributed by atoms with Crippen molar-refractivity contribution < 1.29 is 14.3 Å². The SMILES string of the molecule is CC1CCCC(NC(=O)CCC(=O)N2CCOCC2)C1C. The van der Waals surface area contributed by atoms with E-state index in [2.05, 4.69) is 19.2 Å². The predicted octanol–water partition coefficient (Wildman–Crippen LogP) is 1.57. The number of nitrogens with one attached hydrogen (secondary N) is 1. The minimum atomic E-state index is 0.0163. The molecule has 5 heteroatoms. The van der Waals surface area contributed by atoms with E-state index in [9.17, 15) is 9.59 Å². The van der Waals surface area contributed by atoms with Gasteiger partial charge < -0.3 is 15.0 Å². The molecule has 0 aromatic carbocycles. The zero-order valence-corrected chi connectivity index (χ0v) is 13.3. The van der Waals surface area contributed by atoms with Gasteiger partial charge in [0.15, 0.2) is 0 Å². The summed E-state index contributed by atoms with van der Waals surface area (Å²) in [7, 11) is 0. The van der Waals surface area contributed by atoms with Crippen LogP contribution in [0.4, 0.5) is 0 Å². The topological polar surface area (TPSA) is 58.6 Å². The average Bonchev–Trinajstić information content (AvgIpc) is 2.50. The van der Waals surface area contributed by atoms with Gasteiger partial charge in [0.1, 0.15) is 0 Å². The Morgan fingerprint density at radius 3 is 2.57 bits per heavy atom. The molecule has 1 N–H and O–H groups in total. The molecule has 1 heterocycles. The van der Waals surface area contributed by atoms with Gasteiger partial charge in [0, 0.05) is 32.0 Å². The fraction of sp³-hybridized carbons (Fsp3) is 0.875. The van der Waals surface area contributed by atoms with Crippen molar-refractivity contribution in [3.63, 3.8) is 0 Å². The normalized spacial score (nSPS) is 30.0. The molecule has 5 nitrogen and oxygen atoms in total. The molecule has 0 bridgehead atoms. The molecule has 1 aliphatic heterocycles. The Bertz CT molecular complexity index is 367. The van der Waals surface area contributed by atoms with Crippen LogP contribution in [-0.2, 0) is 14.3 Å². The molecule has 2 fully saturated rings. The van der Waals surface area contributed by atoms with Gasteiger partial charge in [-0.25, -0.2) is 0 Å². The fourth-order valence-electron chi connectivity index (χ4n) is 3.26. The largest absolute Gasteiger partial charge is 0.378 e. The van der Waals surface area contributed by atoms with E-state index in [1.54, 1.807) is 4.90 Å². The van der Waals surface area contributed by atoms with Crippen molar-refractivity contribution in [1.82, 2.24) is 10.2 Å². The van der Waals surface area contributed by atoms with Crippen LogP contribution in [0.5, 0.6) is 0 Å². The second-order valence-electron chi connectivity index (χ2n) is 6.43. The molecule has 0 aromatic heterocycles. The van der Waals surface area contributed by atoms with Crippen molar-refractivity contribution in [3.05, 3.63) is 0 Å². The highest BCUT2D eigenvalue weighted by molar-refractivity contribution is 5.84. The van der Waals surface area contributed by atoms with E-state index < -0.39 is 0 Å². The third kappa shape index (κ3) is 4.70. The van der Waals surface area contributed by atoms with Crippen molar-refractivity contribution in [2.45, 2.75) is 52.0 Å². The van der Waals surface area contributed by atoms with E-state index in [0.717, 1.165) is 6.42 Å². The molecule has 120 valence electrons. The first-order chi connectivity index (χ1) is 10.1. The highest BCUT2D eigenvalue weighted by Gasteiger charge is 2.28. The fourth-order valence-corrected chi connectivity index (χ4v) is 3.26. The summed E-state index contributed by atoms with van der Waals surface area (Å²) in [6.45, 7) is 6.98. The maximum atomic E-state index is 12.0. The zero-order chi connectivity index (χ0) is 15.2. The first-order valence-corrected chi connectivity index (χ1v) is 8.23. The van der Waals surface area contributed by atoms with Crippen LogP contribution in [0.25, 0.3) is 0 Å².